The highest BCUT2D eigenvalue weighted by atomic mass is 35.5. The first kappa shape index (κ1) is 16.2. The molecule has 0 atom stereocenters. The zero-order valence-electron chi connectivity index (χ0n) is 13.5. The lowest BCUT2D eigenvalue weighted by molar-refractivity contribution is -0.115. The van der Waals surface area contributed by atoms with Crippen molar-refractivity contribution in [3.63, 3.8) is 0 Å². The highest BCUT2D eigenvalue weighted by molar-refractivity contribution is 6.30. The van der Waals surface area contributed by atoms with Gasteiger partial charge in [-0.15, -0.1) is 0 Å². The first-order valence-corrected chi connectivity index (χ1v) is 7.93. The predicted octanol–water partition coefficient (Wildman–Crippen LogP) is 3.72. The summed E-state index contributed by atoms with van der Waals surface area (Å²) in [5, 5.41) is 7.89. The van der Waals surface area contributed by atoms with Crippen molar-refractivity contribution >= 4 is 23.2 Å². The average Bonchev–Trinajstić information content (AvgIpc) is 2.89. The minimum Gasteiger partial charge on any atom is -0.324 e. The van der Waals surface area contributed by atoms with Gasteiger partial charge in [-0.25, -0.2) is 9.67 Å². The smallest absolute Gasteiger partial charge is 0.228 e. The van der Waals surface area contributed by atoms with Gasteiger partial charge in [-0.2, -0.15) is 5.10 Å². The monoisotopic (exact) mass is 340 g/mol. The summed E-state index contributed by atoms with van der Waals surface area (Å²) in [7, 11) is 0. The lowest BCUT2D eigenvalue weighted by Gasteiger charge is -2.07. The van der Waals surface area contributed by atoms with E-state index in [1.165, 1.54) is 0 Å². The van der Waals surface area contributed by atoms with Crippen LogP contribution in [-0.2, 0) is 11.2 Å². The van der Waals surface area contributed by atoms with Crippen LogP contribution in [-0.4, -0.2) is 20.7 Å². The molecular formula is C18H17ClN4O. The van der Waals surface area contributed by atoms with Crippen LogP contribution >= 0.6 is 11.6 Å². The molecule has 0 radical (unpaired) electrons. The molecule has 3 rings (SSSR count). The Morgan fingerprint density at radius 3 is 2.50 bits per heavy atom. The maximum atomic E-state index is 12.1. The van der Waals surface area contributed by atoms with Crippen molar-refractivity contribution in [2.75, 3.05) is 5.32 Å². The third-order valence-electron chi connectivity index (χ3n) is 3.54. The van der Waals surface area contributed by atoms with Crippen LogP contribution in [0.15, 0.2) is 48.7 Å². The van der Waals surface area contributed by atoms with Crippen LogP contribution in [0.25, 0.3) is 5.82 Å². The fourth-order valence-electron chi connectivity index (χ4n) is 2.44. The molecule has 2 aromatic heterocycles. The van der Waals surface area contributed by atoms with Crippen molar-refractivity contribution in [3.8, 4) is 5.82 Å². The third-order valence-corrected chi connectivity index (χ3v) is 3.79. The number of rotatable bonds is 4. The number of carbonyl (C=O) groups is 1. The molecule has 0 aliphatic heterocycles. The number of benzene rings is 1. The van der Waals surface area contributed by atoms with Crippen LogP contribution in [0.4, 0.5) is 5.69 Å². The van der Waals surface area contributed by atoms with Gasteiger partial charge in [-0.1, -0.05) is 23.7 Å². The molecule has 5 nitrogen and oxygen atoms in total. The van der Waals surface area contributed by atoms with Gasteiger partial charge < -0.3 is 5.32 Å². The molecule has 1 amide bonds. The van der Waals surface area contributed by atoms with Crippen LogP contribution in [0.2, 0.25) is 5.02 Å². The number of halogens is 1. The van der Waals surface area contributed by atoms with Gasteiger partial charge >= 0.3 is 0 Å². The summed E-state index contributed by atoms with van der Waals surface area (Å²) >= 11 is 5.84. The average molecular weight is 341 g/mol. The van der Waals surface area contributed by atoms with Crippen LogP contribution in [0.5, 0.6) is 0 Å². The molecule has 24 heavy (non-hydrogen) atoms. The van der Waals surface area contributed by atoms with Crippen molar-refractivity contribution in [1.82, 2.24) is 14.8 Å². The van der Waals surface area contributed by atoms with Crippen molar-refractivity contribution in [2.45, 2.75) is 20.3 Å². The van der Waals surface area contributed by atoms with Crippen molar-refractivity contribution in [2.24, 2.45) is 0 Å². The SMILES string of the molecule is Cc1cc(C)n(-c2ccc(NC(=O)Cc3ccc(Cl)cc3)cn2)n1. The molecule has 0 unspecified atom stereocenters. The molecule has 3 aromatic rings. The van der Waals surface area contributed by atoms with Crippen LogP contribution < -0.4 is 5.32 Å². The normalized spacial score (nSPS) is 10.6. The Hall–Kier alpha value is -2.66. The Bertz CT molecular complexity index is 854. The van der Waals surface area contributed by atoms with Crippen molar-refractivity contribution in [1.29, 1.82) is 0 Å². The second kappa shape index (κ2) is 6.84. The molecule has 0 spiro atoms. The van der Waals surface area contributed by atoms with E-state index in [0.29, 0.717) is 10.7 Å². The fraction of sp³-hybridized carbons (Fsp3) is 0.167. The third kappa shape index (κ3) is 3.81. The number of aryl methyl sites for hydroxylation is 2. The summed E-state index contributed by atoms with van der Waals surface area (Å²) in [6, 6.07) is 12.9. The van der Waals surface area contributed by atoms with Gasteiger partial charge in [-0.05, 0) is 49.7 Å². The van der Waals surface area contributed by atoms with E-state index in [9.17, 15) is 4.79 Å². The quantitative estimate of drug-likeness (QED) is 0.787. The topological polar surface area (TPSA) is 59.8 Å². The van der Waals surface area contributed by atoms with Gasteiger partial charge in [0.25, 0.3) is 0 Å². The van der Waals surface area contributed by atoms with Gasteiger partial charge in [-0.3, -0.25) is 4.79 Å². The highest BCUT2D eigenvalue weighted by Gasteiger charge is 2.07. The minimum atomic E-state index is -0.0991. The molecule has 0 saturated carbocycles. The summed E-state index contributed by atoms with van der Waals surface area (Å²) in [5.74, 6) is 0.620. The summed E-state index contributed by atoms with van der Waals surface area (Å²) in [6.45, 7) is 3.92. The van der Waals surface area contributed by atoms with Gasteiger partial charge in [0.1, 0.15) is 0 Å². The van der Waals surface area contributed by atoms with E-state index in [-0.39, 0.29) is 12.3 Å². The summed E-state index contributed by atoms with van der Waals surface area (Å²) in [6.07, 6.45) is 1.92. The summed E-state index contributed by atoms with van der Waals surface area (Å²) in [4.78, 5) is 16.5. The Morgan fingerprint density at radius 2 is 1.92 bits per heavy atom. The number of hydrogen-bond donors (Lipinski definition) is 1. The van der Waals surface area contributed by atoms with E-state index in [2.05, 4.69) is 15.4 Å². The predicted molar refractivity (Wildman–Crippen MR) is 94.6 cm³/mol. The molecule has 1 N–H and O–H groups in total. The Labute approximate surface area is 145 Å². The Morgan fingerprint density at radius 1 is 1.17 bits per heavy atom. The number of amides is 1. The number of nitrogens with zero attached hydrogens (tertiary/aromatic N) is 3. The number of pyridine rings is 1. The van der Waals surface area contributed by atoms with E-state index >= 15 is 0 Å². The Kier molecular flexibility index (Phi) is 4.62. The summed E-state index contributed by atoms with van der Waals surface area (Å²) < 4.78 is 1.77. The second-order valence-corrected chi connectivity index (χ2v) is 6.03. The van der Waals surface area contributed by atoms with E-state index in [1.807, 2.05) is 44.2 Å². The van der Waals surface area contributed by atoms with Crippen LogP contribution in [0.1, 0.15) is 17.0 Å². The first-order valence-electron chi connectivity index (χ1n) is 7.55. The van der Waals surface area contributed by atoms with Crippen molar-refractivity contribution in [3.05, 3.63) is 70.6 Å². The minimum absolute atomic E-state index is 0.0991. The molecule has 1 aromatic carbocycles. The van der Waals surface area contributed by atoms with E-state index in [0.717, 1.165) is 22.8 Å². The van der Waals surface area contributed by atoms with E-state index in [1.54, 1.807) is 23.0 Å². The van der Waals surface area contributed by atoms with Gasteiger partial charge in [0.05, 0.1) is 24.0 Å². The van der Waals surface area contributed by atoms with Gasteiger partial charge in [0.15, 0.2) is 5.82 Å². The molecule has 6 heteroatoms. The molecule has 122 valence electrons. The zero-order chi connectivity index (χ0) is 17.1. The van der Waals surface area contributed by atoms with Crippen LogP contribution in [0, 0.1) is 13.8 Å². The van der Waals surface area contributed by atoms with Crippen LogP contribution in [0.3, 0.4) is 0 Å². The lowest BCUT2D eigenvalue weighted by atomic mass is 10.1. The number of hydrogen-bond acceptors (Lipinski definition) is 3. The molecular weight excluding hydrogens is 324 g/mol. The molecule has 0 fully saturated rings. The standard InChI is InChI=1S/C18H17ClN4O/c1-12-9-13(2)23(22-12)17-8-7-16(11-20-17)21-18(24)10-14-3-5-15(19)6-4-14/h3-9,11H,10H2,1-2H3,(H,21,24). The van der Waals surface area contributed by atoms with Gasteiger partial charge in [0.2, 0.25) is 5.91 Å². The molecule has 0 aliphatic rings. The lowest BCUT2D eigenvalue weighted by Crippen LogP contribution is -2.14. The molecule has 0 bridgehead atoms. The van der Waals surface area contributed by atoms with E-state index in [4.69, 9.17) is 11.6 Å². The number of aromatic nitrogens is 3. The summed E-state index contributed by atoms with van der Waals surface area (Å²) in [5.41, 5.74) is 3.51. The number of anilines is 1. The molecule has 0 saturated heterocycles. The van der Waals surface area contributed by atoms with E-state index < -0.39 is 0 Å². The largest absolute Gasteiger partial charge is 0.324 e. The number of carbonyl (C=O) groups excluding carboxylic acids is 1. The van der Waals surface area contributed by atoms with Gasteiger partial charge in [0, 0.05) is 10.7 Å². The highest BCUT2D eigenvalue weighted by Crippen LogP contribution is 2.14. The maximum absolute atomic E-state index is 12.1. The maximum Gasteiger partial charge on any atom is 0.228 e. The molecule has 0 aliphatic carbocycles. The van der Waals surface area contributed by atoms with Crippen molar-refractivity contribution < 1.29 is 4.79 Å². The first-order chi connectivity index (χ1) is 11.5. The molecule has 2 heterocycles. The second-order valence-electron chi connectivity index (χ2n) is 5.60. The zero-order valence-corrected chi connectivity index (χ0v) is 14.2. The fourth-order valence-corrected chi connectivity index (χ4v) is 2.56. The Balaban J connectivity index is 1.66. The number of nitrogens with one attached hydrogen (secondary N) is 1.